The molecule has 1 aliphatic rings. The van der Waals surface area contributed by atoms with Gasteiger partial charge in [-0.3, -0.25) is 0 Å². The van der Waals surface area contributed by atoms with Crippen LogP contribution in [-0.2, 0) is 17.9 Å². The molecule has 0 aromatic heterocycles. The maximum Gasteiger partial charge on any atom is 0.180 e. The molecule has 0 saturated carbocycles. The summed E-state index contributed by atoms with van der Waals surface area (Å²) >= 11 is 18.7. The normalized spacial score (nSPS) is 13.6. The van der Waals surface area contributed by atoms with Crippen LogP contribution in [-0.4, -0.2) is 32.9 Å². The molecule has 0 amide bonds. The van der Waals surface area contributed by atoms with Crippen molar-refractivity contribution in [2.45, 2.75) is 20.1 Å². The number of hydrogen-bond acceptors (Lipinski definition) is 5. The first-order valence-corrected chi connectivity index (χ1v) is 12.4. The van der Waals surface area contributed by atoms with Crippen LogP contribution >= 0.6 is 34.8 Å². The third kappa shape index (κ3) is 6.42. The largest absolute Gasteiger partial charge is 0.490 e. The standard InChI is InChI=1S/C26H27Cl3N2O3/c1-2-33-25-15-19(14-24(29)26(25)34-17-18-3-8-22(27)23(28)13-18)16-30-20-4-6-21(7-5-20)31-9-11-32-12-10-31/h3-8,13-15,30H,2,9-12,16-17H2,1H3. The summed E-state index contributed by atoms with van der Waals surface area (Å²) in [6.07, 6.45) is 0. The minimum absolute atomic E-state index is 0.295. The van der Waals surface area contributed by atoms with Crippen LogP contribution in [0.5, 0.6) is 11.5 Å². The fourth-order valence-corrected chi connectivity index (χ4v) is 4.34. The summed E-state index contributed by atoms with van der Waals surface area (Å²) in [6, 6.07) is 17.7. The third-order valence-electron chi connectivity index (χ3n) is 5.48. The first-order chi connectivity index (χ1) is 16.5. The Kier molecular flexibility index (Phi) is 8.68. The Morgan fingerprint density at radius 3 is 2.29 bits per heavy atom. The molecule has 3 aromatic rings. The third-order valence-corrected chi connectivity index (χ3v) is 6.50. The zero-order valence-corrected chi connectivity index (χ0v) is 21.2. The van der Waals surface area contributed by atoms with Gasteiger partial charge in [0.2, 0.25) is 0 Å². The maximum atomic E-state index is 6.59. The molecule has 0 aliphatic carbocycles. The molecule has 3 aromatic carbocycles. The Morgan fingerprint density at radius 1 is 0.853 bits per heavy atom. The number of halogens is 3. The molecule has 0 unspecified atom stereocenters. The van der Waals surface area contributed by atoms with E-state index in [2.05, 4.69) is 34.5 Å². The first kappa shape index (κ1) is 24.8. The fourth-order valence-electron chi connectivity index (χ4n) is 3.73. The summed E-state index contributed by atoms with van der Waals surface area (Å²) in [4.78, 5) is 2.33. The Hall–Kier alpha value is -2.31. The molecule has 8 heteroatoms. The van der Waals surface area contributed by atoms with Crippen LogP contribution in [0.4, 0.5) is 11.4 Å². The quantitative estimate of drug-likeness (QED) is 0.326. The van der Waals surface area contributed by atoms with Gasteiger partial charge in [-0.2, -0.15) is 0 Å². The number of nitrogens with one attached hydrogen (secondary N) is 1. The molecule has 1 fully saturated rings. The Labute approximate surface area is 215 Å². The van der Waals surface area contributed by atoms with E-state index in [1.54, 1.807) is 12.1 Å². The van der Waals surface area contributed by atoms with Gasteiger partial charge in [0, 0.05) is 31.0 Å². The number of nitrogens with zero attached hydrogens (tertiary/aromatic N) is 1. The number of rotatable bonds is 9. The molecule has 1 heterocycles. The second kappa shape index (κ2) is 11.9. The molecule has 0 bridgehead atoms. The van der Waals surface area contributed by atoms with Crippen molar-refractivity contribution in [2.24, 2.45) is 0 Å². The van der Waals surface area contributed by atoms with Gasteiger partial charge in [0.15, 0.2) is 11.5 Å². The molecule has 34 heavy (non-hydrogen) atoms. The van der Waals surface area contributed by atoms with E-state index < -0.39 is 0 Å². The van der Waals surface area contributed by atoms with Crippen molar-refractivity contribution in [1.29, 1.82) is 0 Å². The molecule has 0 atom stereocenters. The summed E-state index contributed by atoms with van der Waals surface area (Å²) in [7, 11) is 0. The van der Waals surface area contributed by atoms with E-state index in [1.165, 1.54) is 5.69 Å². The van der Waals surface area contributed by atoms with E-state index >= 15 is 0 Å². The zero-order valence-electron chi connectivity index (χ0n) is 19.0. The fraction of sp³-hybridized carbons (Fsp3) is 0.308. The number of hydrogen-bond donors (Lipinski definition) is 1. The minimum atomic E-state index is 0.295. The average molecular weight is 522 g/mol. The highest BCUT2D eigenvalue weighted by atomic mass is 35.5. The molecule has 5 nitrogen and oxygen atoms in total. The topological polar surface area (TPSA) is 43.0 Å². The van der Waals surface area contributed by atoms with Crippen molar-refractivity contribution in [2.75, 3.05) is 43.1 Å². The lowest BCUT2D eigenvalue weighted by atomic mass is 10.1. The van der Waals surface area contributed by atoms with Crippen LogP contribution in [0.3, 0.4) is 0 Å². The van der Waals surface area contributed by atoms with E-state index in [0.29, 0.717) is 46.3 Å². The molecule has 1 N–H and O–H groups in total. The number of ether oxygens (including phenoxy) is 3. The van der Waals surface area contributed by atoms with E-state index in [0.717, 1.165) is 43.1 Å². The van der Waals surface area contributed by atoms with Gasteiger partial charge in [0.1, 0.15) is 6.61 Å². The molecule has 1 saturated heterocycles. The summed E-state index contributed by atoms with van der Waals surface area (Å²) < 4.78 is 17.3. The summed E-state index contributed by atoms with van der Waals surface area (Å²) in [6.45, 7) is 6.71. The first-order valence-electron chi connectivity index (χ1n) is 11.2. The van der Waals surface area contributed by atoms with Crippen molar-refractivity contribution in [3.63, 3.8) is 0 Å². The number of benzene rings is 3. The molecule has 180 valence electrons. The second-order valence-corrected chi connectivity index (χ2v) is 9.10. The predicted octanol–water partition coefficient (Wildman–Crippen LogP) is 7.07. The van der Waals surface area contributed by atoms with Gasteiger partial charge in [-0.15, -0.1) is 0 Å². The van der Waals surface area contributed by atoms with Crippen LogP contribution < -0.4 is 19.7 Å². The molecular formula is C26H27Cl3N2O3. The summed E-state index contributed by atoms with van der Waals surface area (Å²) in [5, 5.41) is 4.93. The molecule has 0 spiro atoms. The monoisotopic (exact) mass is 520 g/mol. The highest BCUT2D eigenvalue weighted by molar-refractivity contribution is 6.42. The van der Waals surface area contributed by atoms with Gasteiger partial charge < -0.3 is 24.4 Å². The smallest absolute Gasteiger partial charge is 0.180 e. The lowest BCUT2D eigenvalue weighted by Crippen LogP contribution is -2.36. The zero-order chi connectivity index (χ0) is 23.9. The second-order valence-electron chi connectivity index (χ2n) is 7.87. The highest BCUT2D eigenvalue weighted by Gasteiger charge is 2.14. The molecule has 4 rings (SSSR count). The predicted molar refractivity (Wildman–Crippen MR) is 140 cm³/mol. The van der Waals surface area contributed by atoms with Crippen molar-refractivity contribution >= 4 is 46.2 Å². The Morgan fingerprint density at radius 2 is 1.59 bits per heavy atom. The van der Waals surface area contributed by atoms with Gasteiger partial charge in [0.05, 0.1) is 34.9 Å². The molecule has 0 radical (unpaired) electrons. The van der Waals surface area contributed by atoms with E-state index in [9.17, 15) is 0 Å². The maximum absolute atomic E-state index is 6.59. The van der Waals surface area contributed by atoms with Gasteiger partial charge in [-0.25, -0.2) is 0 Å². The van der Waals surface area contributed by atoms with Crippen LogP contribution in [0, 0.1) is 0 Å². The lowest BCUT2D eigenvalue weighted by molar-refractivity contribution is 0.122. The summed E-state index contributed by atoms with van der Waals surface area (Å²) in [5.74, 6) is 1.11. The van der Waals surface area contributed by atoms with Crippen molar-refractivity contribution in [1.82, 2.24) is 0 Å². The minimum Gasteiger partial charge on any atom is -0.490 e. The average Bonchev–Trinajstić information content (AvgIpc) is 2.85. The molecular weight excluding hydrogens is 495 g/mol. The van der Waals surface area contributed by atoms with Crippen LogP contribution in [0.25, 0.3) is 0 Å². The lowest BCUT2D eigenvalue weighted by Gasteiger charge is -2.29. The van der Waals surface area contributed by atoms with Gasteiger partial charge in [0.25, 0.3) is 0 Å². The Bertz CT molecular complexity index is 1100. The van der Waals surface area contributed by atoms with Crippen molar-refractivity contribution in [3.05, 3.63) is 80.8 Å². The molecule has 1 aliphatic heterocycles. The van der Waals surface area contributed by atoms with Crippen molar-refractivity contribution < 1.29 is 14.2 Å². The van der Waals surface area contributed by atoms with Gasteiger partial charge in [-0.05, 0) is 66.6 Å². The van der Waals surface area contributed by atoms with E-state index in [1.807, 2.05) is 25.1 Å². The van der Waals surface area contributed by atoms with Crippen LogP contribution in [0.2, 0.25) is 15.1 Å². The van der Waals surface area contributed by atoms with Crippen LogP contribution in [0.15, 0.2) is 54.6 Å². The SMILES string of the molecule is CCOc1cc(CNc2ccc(N3CCOCC3)cc2)cc(Cl)c1OCc1ccc(Cl)c(Cl)c1. The van der Waals surface area contributed by atoms with Gasteiger partial charge in [-0.1, -0.05) is 40.9 Å². The van der Waals surface area contributed by atoms with Crippen molar-refractivity contribution in [3.8, 4) is 11.5 Å². The Balaban J connectivity index is 1.41. The van der Waals surface area contributed by atoms with Crippen LogP contribution in [0.1, 0.15) is 18.1 Å². The number of morpholine rings is 1. The van der Waals surface area contributed by atoms with E-state index in [-0.39, 0.29) is 0 Å². The highest BCUT2D eigenvalue weighted by Crippen LogP contribution is 2.38. The number of anilines is 2. The summed E-state index contributed by atoms with van der Waals surface area (Å²) in [5.41, 5.74) is 4.12. The van der Waals surface area contributed by atoms with E-state index in [4.69, 9.17) is 49.0 Å². The van der Waals surface area contributed by atoms with Gasteiger partial charge >= 0.3 is 0 Å².